The van der Waals surface area contributed by atoms with Gasteiger partial charge < -0.3 is 24.2 Å². The topological polar surface area (TPSA) is 143 Å². The van der Waals surface area contributed by atoms with E-state index in [2.05, 4.69) is 39.7 Å². The number of carbonyl (C=O) groups excluding carboxylic acids is 1. The molecule has 5 heterocycles. The molecule has 17 heteroatoms. The fourth-order valence-electron chi connectivity index (χ4n) is 5.55. The summed E-state index contributed by atoms with van der Waals surface area (Å²) in [6.45, 7) is 8.58. The van der Waals surface area contributed by atoms with Crippen molar-refractivity contribution in [2.24, 2.45) is 0 Å². The molecule has 0 aliphatic carbocycles. The monoisotopic (exact) mass is 685 g/mol. The maximum Gasteiger partial charge on any atom is 0.423 e. The summed E-state index contributed by atoms with van der Waals surface area (Å²) in [7, 11) is -1.42. The number of halogens is 3. The van der Waals surface area contributed by atoms with E-state index in [1.807, 2.05) is 11.0 Å². The van der Waals surface area contributed by atoms with E-state index >= 15 is 0 Å². The molecular formula is C31H38F3N9O4Si. The number of hydrogen-bond donors (Lipinski definition) is 0. The zero-order chi connectivity index (χ0) is 34.5. The normalized spacial score (nSPS) is 17.0. The van der Waals surface area contributed by atoms with Gasteiger partial charge in [-0.1, -0.05) is 19.6 Å². The molecule has 5 rings (SSSR count). The lowest BCUT2D eigenvalue weighted by molar-refractivity contribution is -0.138. The zero-order valence-corrected chi connectivity index (χ0v) is 28.1. The van der Waals surface area contributed by atoms with Crippen LogP contribution in [0.1, 0.15) is 34.5 Å². The first-order valence-corrected chi connectivity index (χ1v) is 19.4. The van der Waals surface area contributed by atoms with Crippen LogP contribution in [0, 0.1) is 11.3 Å². The Kier molecular flexibility index (Phi) is 10.6. The largest absolute Gasteiger partial charge is 0.474 e. The van der Waals surface area contributed by atoms with Gasteiger partial charge in [-0.15, -0.1) is 0 Å². The standard InChI is InChI=1S/C31H38F3N9O4Si/c1-48(2,3)14-13-46-21-43-30(45)28(31(32,33)34)25(18-38-43)42-8-4-5-23(42)20-47-27-19-36-17-24(39-27)29(44)41-11-9-40(10-12-41)26-7-6-22(15-35)16-37-26/h6-7,16-19,23H,4-5,8-14,20-21H2,1-3H3/t23-/m0/s1. The molecule has 2 aliphatic rings. The maximum atomic E-state index is 14.3. The molecule has 0 saturated carbocycles. The zero-order valence-electron chi connectivity index (χ0n) is 27.1. The molecule has 48 heavy (non-hydrogen) atoms. The van der Waals surface area contributed by atoms with E-state index in [1.54, 1.807) is 17.0 Å². The van der Waals surface area contributed by atoms with Gasteiger partial charge in [-0.3, -0.25) is 14.6 Å². The van der Waals surface area contributed by atoms with Crippen molar-refractivity contribution in [1.82, 2.24) is 29.6 Å². The average molecular weight is 686 g/mol. The van der Waals surface area contributed by atoms with Crippen LogP contribution in [0.2, 0.25) is 25.7 Å². The highest BCUT2D eigenvalue weighted by Crippen LogP contribution is 2.36. The Morgan fingerprint density at radius 1 is 1.08 bits per heavy atom. The first-order chi connectivity index (χ1) is 22.8. The number of amides is 1. The van der Waals surface area contributed by atoms with Gasteiger partial charge in [0.1, 0.15) is 30.8 Å². The third kappa shape index (κ3) is 8.47. The number of hydrogen-bond acceptors (Lipinski definition) is 11. The van der Waals surface area contributed by atoms with Crippen LogP contribution < -0.4 is 20.1 Å². The van der Waals surface area contributed by atoms with Gasteiger partial charge >= 0.3 is 6.18 Å². The summed E-state index contributed by atoms with van der Waals surface area (Å²) < 4.78 is 54.9. The summed E-state index contributed by atoms with van der Waals surface area (Å²) in [6, 6.07) is 5.81. The molecule has 3 aromatic heterocycles. The van der Waals surface area contributed by atoms with Crippen molar-refractivity contribution in [3.8, 4) is 11.9 Å². The second-order valence-electron chi connectivity index (χ2n) is 12.9. The van der Waals surface area contributed by atoms with Crippen LogP contribution in [0.25, 0.3) is 0 Å². The SMILES string of the molecule is C[Si](C)(C)CCOCn1ncc(N2CCC[C@H]2COc2cncc(C(=O)N3CCN(c4ccc(C#N)cn4)CC3)n2)c(C(F)(F)F)c1=O. The summed E-state index contributed by atoms with van der Waals surface area (Å²) in [5, 5.41) is 13.0. The first-order valence-electron chi connectivity index (χ1n) is 15.7. The first kappa shape index (κ1) is 34.8. The van der Waals surface area contributed by atoms with Crippen LogP contribution in [0.15, 0.2) is 41.7 Å². The number of ether oxygens (including phenoxy) is 2. The van der Waals surface area contributed by atoms with Gasteiger partial charge in [-0.25, -0.2) is 14.6 Å². The van der Waals surface area contributed by atoms with Crippen LogP contribution >= 0.6 is 0 Å². The quantitative estimate of drug-likeness (QED) is 0.216. The fourth-order valence-corrected chi connectivity index (χ4v) is 6.31. The Labute approximate surface area is 276 Å². The highest BCUT2D eigenvalue weighted by atomic mass is 28.3. The van der Waals surface area contributed by atoms with Crippen molar-refractivity contribution in [2.75, 3.05) is 55.7 Å². The Morgan fingerprint density at radius 2 is 1.85 bits per heavy atom. The number of pyridine rings is 1. The van der Waals surface area contributed by atoms with Gasteiger partial charge in [0, 0.05) is 53.6 Å². The van der Waals surface area contributed by atoms with E-state index in [-0.39, 0.29) is 43.1 Å². The molecule has 13 nitrogen and oxygen atoms in total. The predicted octanol–water partition coefficient (Wildman–Crippen LogP) is 3.64. The number of piperazine rings is 1. The molecule has 0 N–H and O–H groups in total. The van der Waals surface area contributed by atoms with E-state index in [4.69, 9.17) is 14.7 Å². The number of aromatic nitrogens is 5. The minimum Gasteiger partial charge on any atom is -0.474 e. The molecule has 0 bridgehead atoms. The minimum atomic E-state index is -4.91. The molecule has 2 saturated heterocycles. The summed E-state index contributed by atoms with van der Waals surface area (Å²) in [4.78, 5) is 44.1. The molecule has 1 atom stereocenters. The molecule has 2 fully saturated rings. The molecule has 0 spiro atoms. The van der Waals surface area contributed by atoms with Crippen LogP contribution in [0.3, 0.4) is 0 Å². The lowest BCUT2D eigenvalue weighted by Gasteiger charge is -2.35. The van der Waals surface area contributed by atoms with Crippen molar-refractivity contribution in [3.05, 3.63) is 64.1 Å². The number of alkyl halides is 3. The van der Waals surface area contributed by atoms with E-state index in [9.17, 15) is 22.8 Å². The van der Waals surface area contributed by atoms with Gasteiger partial charge in [0.05, 0.1) is 35.9 Å². The van der Waals surface area contributed by atoms with Gasteiger partial charge in [-0.2, -0.15) is 23.5 Å². The maximum absolute atomic E-state index is 14.3. The highest BCUT2D eigenvalue weighted by molar-refractivity contribution is 6.76. The third-order valence-corrected chi connectivity index (χ3v) is 9.93. The second kappa shape index (κ2) is 14.7. The summed E-state index contributed by atoms with van der Waals surface area (Å²) in [5.74, 6) is 0.459. The lowest BCUT2D eigenvalue weighted by atomic mass is 10.2. The Balaban J connectivity index is 1.21. The fraction of sp³-hybridized carbons (Fsp3) is 0.516. The van der Waals surface area contributed by atoms with E-state index < -0.39 is 31.4 Å². The second-order valence-corrected chi connectivity index (χ2v) is 18.5. The highest BCUT2D eigenvalue weighted by Gasteiger charge is 2.41. The predicted molar refractivity (Wildman–Crippen MR) is 173 cm³/mol. The van der Waals surface area contributed by atoms with E-state index in [0.717, 1.165) is 18.1 Å². The minimum absolute atomic E-state index is 0.0389. The van der Waals surface area contributed by atoms with Gasteiger partial charge in [0.2, 0.25) is 5.88 Å². The smallest absolute Gasteiger partial charge is 0.423 e. The van der Waals surface area contributed by atoms with Gasteiger partial charge in [-0.05, 0) is 31.0 Å². The van der Waals surface area contributed by atoms with Crippen molar-refractivity contribution in [1.29, 1.82) is 5.26 Å². The molecule has 0 radical (unpaired) electrons. The van der Waals surface area contributed by atoms with E-state index in [0.29, 0.717) is 55.9 Å². The summed E-state index contributed by atoms with van der Waals surface area (Å²) in [5.41, 5.74) is -2.30. The Morgan fingerprint density at radius 3 is 2.52 bits per heavy atom. The number of nitrogens with zero attached hydrogens (tertiary/aromatic N) is 9. The van der Waals surface area contributed by atoms with Crippen LogP contribution in [0.4, 0.5) is 24.7 Å². The molecule has 0 aromatic carbocycles. The molecule has 256 valence electrons. The average Bonchev–Trinajstić information content (AvgIpc) is 3.53. The number of nitriles is 1. The van der Waals surface area contributed by atoms with Crippen LogP contribution in [-0.4, -0.2) is 95.6 Å². The van der Waals surface area contributed by atoms with Crippen molar-refractivity contribution < 1.29 is 27.4 Å². The molecule has 1 amide bonds. The van der Waals surface area contributed by atoms with E-state index in [1.165, 1.54) is 23.5 Å². The molecule has 3 aromatic rings. The number of rotatable bonds is 11. The summed E-state index contributed by atoms with van der Waals surface area (Å²) >= 11 is 0. The third-order valence-electron chi connectivity index (χ3n) is 8.23. The molecule has 2 aliphatic heterocycles. The summed E-state index contributed by atoms with van der Waals surface area (Å²) in [6.07, 6.45) is 1.46. The Bertz CT molecular complexity index is 1680. The Hall–Kier alpha value is -4.56. The molecule has 0 unspecified atom stereocenters. The van der Waals surface area contributed by atoms with Crippen molar-refractivity contribution in [3.63, 3.8) is 0 Å². The van der Waals surface area contributed by atoms with Gasteiger partial charge in [0.15, 0.2) is 5.69 Å². The van der Waals surface area contributed by atoms with Crippen LogP contribution in [0.5, 0.6) is 5.88 Å². The number of carbonyl (C=O) groups is 1. The molecular weight excluding hydrogens is 647 g/mol. The van der Waals surface area contributed by atoms with Gasteiger partial charge in [0.25, 0.3) is 11.5 Å². The van der Waals surface area contributed by atoms with Crippen molar-refractivity contribution in [2.45, 2.75) is 57.5 Å². The van der Waals surface area contributed by atoms with Crippen molar-refractivity contribution >= 4 is 25.5 Å². The lowest BCUT2D eigenvalue weighted by Crippen LogP contribution is -2.49. The van der Waals surface area contributed by atoms with Crippen LogP contribution in [-0.2, 0) is 17.6 Å². The number of anilines is 2.